The molecule has 2 rings (SSSR count). The molecule has 4 heteroatoms. The van der Waals surface area contributed by atoms with E-state index in [1.54, 1.807) is 30.3 Å². The summed E-state index contributed by atoms with van der Waals surface area (Å²) in [5.74, 6) is 1.27. The van der Waals surface area contributed by atoms with Crippen molar-refractivity contribution in [3.8, 4) is 17.6 Å². The van der Waals surface area contributed by atoms with Gasteiger partial charge in [-0.25, -0.2) is 0 Å². The molecule has 0 aliphatic carbocycles. The van der Waals surface area contributed by atoms with Crippen LogP contribution in [0.3, 0.4) is 0 Å². The average molecular weight is 259 g/mol. The van der Waals surface area contributed by atoms with E-state index < -0.39 is 0 Å². The fourth-order valence-corrected chi connectivity index (χ4v) is 1.64. The molecule has 3 nitrogen and oxygen atoms in total. The summed E-state index contributed by atoms with van der Waals surface area (Å²) in [4.78, 5) is 0. The minimum atomic E-state index is 0.403. The number of benzene rings is 2. The molecule has 0 spiro atoms. The van der Waals surface area contributed by atoms with Crippen LogP contribution >= 0.6 is 11.6 Å². The summed E-state index contributed by atoms with van der Waals surface area (Å²) in [5.41, 5.74) is 7.50. The van der Waals surface area contributed by atoms with Gasteiger partial charge in [-0.2, -0.15) is 5.26 Å². The molecule has 0 saturated carbocycles. The maximum Gasteiger partial charge on any atom is 0.129 e. The largest absolute Gasteiger partial charge is 0.457 e. The van der Waals surface area contributed by atoms with Crippen LogP contribution in [0.25, 0.3) is 0 Å². The molecule has 0 radical (unpaired) electrons. The second-order valence-electron chi connectivity index (χ2n) is 3.87. The lowest BCUT2D eigenvalue weighted by atomic mass is 10.2. The first kappa shape index (κ1) is 12.3. The predicted octanol–water partition coefficient (Wildman–Crippen LogP) is 3.89. The Morgan fingerprint density at radius 2 is 1.83 bits per heavy atom. The third-order valence-electron chi connectivity index (χ3n) is 2.51. The monoisotopic (exact) mass is 258 g/mol. The van der Waals surface area contributed by atoms with Crippen LogP contribution < -0.4 is 10.5 Å². The first-order valence-corrected chi connectivity index (χ1v) is 5.71. The van der Waals surface area contributed by atoms with Crippen molar-refractivity contribution in [2.24, 2.45) is 0 Å². The molecule has 0 amide bonds. The van der Waals surface area contributed by atoms with Gasteiger partial charge >= 0.3 is 0 Å². The zero-order valence-corrected chi connectivity index (χ0v) is 10.5. The van der Waals surface area contributed by atoms with Gasteiger partial charge in [0.25, 0.3) is 0 Å². The van der Waals surface area contributed by atoms with Gasteiger partial charge < -0.3 is 10.5 Å². The Morgan fingerprint density at radius 1 is 1.17 bits per heavy atom. The zero-order valence-electron chi connectivity index (χ0n) is 9.77. The maximum absolute atomic E-state index is 8.78. The summed E-state index contributed by atoms with van der Waals surface area (Å²) < 4.78 is 5.65. The lowest BCUT2D eigenvalue weighted by molar-refractivity contribution is 0.482. The molecule has 2 N–H and O–H groups in total. The van der Waals surface area contributed by atoms with E-state index in [1.807, 2.05) is 19.1 Å². The van der Waals surface area contributed by atoms with Crippen molar-refractivity contribution in [3.63, 3.8) is 0 Å². The third-order valence-corrected chi connectivity index (χ3v) is 2.93. The highest BCUT2D eigenvalue weighted by molar-refractivity contribution is 6.31. The van der Waals surface area contributed by atoms with Crippen LogP contribution in [0.2, 0.25) is 5.02 Å². The third kappa shape index (κ3) is 2.55. The van der Waals surface area contributed by atoms with Crippen molar-refractivity contribution in [1.82, 2.24) is 0 Å². The van der Waals surface area contributed by atoms with E-state index >= 15 is 0 Å². The van der Waals surface area contributed by atoms with Gasteiger partial charge in [0, 0.05) is 11.1 Å². The number of halogens is 1. The van der Waals surface area contributed by atoms with Crippen molar-refractivity contribution in [2.75, 3.05) is 5.73 Å². The van der Waals surface area contributed by atoms with E-state index in [1.165, 1.54) is 0 Å². The Kier molecular flexibility index (Phi) is 3.40. The second-order valence-corrected chi connectivity index (χ2v) is 4.28. The van der Waals surface area contributed by atoms with E-state index in [-0.39, 0.29) is 0 Å². The fourth-order valence-electron chi connectivity index (χ4n) is 1.52. The number of nitriles is 1. The van der Waals surface area contributed by atoms with Crippen LogP contribution in [0.4, 0.5) is 5.69 Å². The zero-order chi connectivity index (χ0) is 13.1. The van der Waals surface area contributed by atoms with Gasteiger partial charge in [-0.05, 0) is 42.8 Å². The van der Waals surface area contributed by atoms with Gasteiger partial charge in [-0.3, -0.25) is 0 Å². The van der Waals surface area contributed by atoms with Gasteiger partial charge in [0.05, 0.1) is 11.3 Å². The summed E-state index contributed by atoms with van der Waals surface area (Å²) in [5, 5.41) is 9.48. The first-order chi connectivity index (χ1) is 8.60. The Bertz CT molecular complexity index is 632. The number of nitrogens with zero attached hydrogens (tertiary/aromatic N) is 1. The number of hydrogen-bond donors (Lipinski definition) is 1. The number of hydrogen-bond acceptors (Lipinski definition) is 3. The van der Waals surface area contributed by atoms with Crippen molar-refractivity contribution in [1.29, 1.82) is 5.26 Å². The summed E-state index contributed by atoms with van der Waals surface area (Å²) >= 11 is 5.94. The topological polar surface area (TPSA) is 59.0 Å². The van der Waals surface area contributed by atoms with E-state index in [9.17, 15) is 0 Å². The second kappa shape index (κ2) is 4.99. The van der Waals surface area contributed by atoms with E-state index in [0.29, 0.717) is 27.8 Å². The number of ether oxygens (including phenoxy) is 1. The van der Waals surface area contributed by atoms with Crippen LogP contribution in [0.15, 0.2) is 36.4 Å². The summed E-state index contributed by atoms with van der Waals surface area (Å²) in [6.45, 7) is 1.91. The molecule has 2 aromatic carbocycles. The average Bonchev–Trinajstić information content (AvgIpc) is 2.34. The minimum Gasteiger partial charge on any atom is -0.457 e. The van der Waals surface area contributed by atoms with Crippen molar-refractivity contribution in [3.05, 3.63) is 52.5 Å². The number of anilines is 1. The molecule has 0 bridgehead atoms. The van der Waals surface area contributed by atoms with Crippen LogP contribution in [-0.2, 0) is 0 Å². The first-order valence-electron chi connectivity index (χ1n) is 5.34. The van der Waals surface area contributed by atoms with Crippen molar-refractivity contribution in [2.45, 2.75) is 6.92 Å². The Morgan fingerprint density at radius 3 is 2.44 bits per heavy atom. The molecule has 0 atom stereocenters. The van der Waals surface area contributed by atoms with Gasteiger partial charge in [-0.1, -0.05) is 11.6 Å². The van der Waals surface area contributed by atoms with Gasteiger partial charge in [0.1, 0.15) is 17.6 Å². The van der Waals surface area contributed by atoms with Crippen LogP contribution in [0.1, 0.15) is 11.1 Å². The normalized spacial score (nSPS) is 9.83. The van der Waals surface area contributed by atoms with Crippen LogP contribution in [-0.4, -0.2) is 0 Å². The highest BCUT2D eigenvalue weighted by Crippen LogP contribution is 2.27. The quantitative estimate of drug-likeness (QED) is 0.831. The van der Waals surface area contributed by atoms with E-state index in [2.05, 4.69) is 0 Å². The minimum absolute atomic E-state index is 0.403. The number of nitrogens with two attached hydrogens (primary N) is 1. The summed E-state index contributed by atoms with van der Waals surface area (Å²) in [7, 11) is 0. The van der Waals surface area contributed by atoms with Gasteiger partial charge in [0.2, 0.25) is 0 Å². The summed E-state index contributed by atoms with van der Waals surface area (Å²) in [6.07, 6.45) is 0. The number of nitrogen functional groups attached to an aromatic ring is 1. The summed E-state index contributed by atoms with van der Waals surface area (Å²) in [6, 6.07) is 12.4. The smallest absolute Gasteiger partial charge is 0.129 e. The number of aryl methyl sites for hydroxylation is 1. The van der Waals surface area contributed by atoms with Gasteiger partial charge in [-0.15, -0.1) is 0 Å². The van der Waals surface area contributed by atoms with Crippen LogP contribution in [0, 0.1) is 18.3 Å². The fraction of sp³-hybridized carbons (Fsp3) is 0.0714. The highest BCUT2D eigenvalue weighted by Gasteiger charge is 2.03. The van der Waals surface area contributed by atoms with E-state index in [4.69, 9.17) is 27.3 Å². The Labute approximate surface area is 110 Å². The standard InChI is InChI=1S/C14H11ClN2O/c1-9-6-11(4-5-13(9)15)18-12-3-2-10(8-16)14(17)7-12/h2-7H,17H2,1H3. The molecule has 0 saturated heterocycles. The predicted molar refractivity (Wildman–Crippen MR) is 71.8 cm³/mol. The lowest BCUT2D eigenvalue weighted by Crippen LogP contribution is -1.92. The molecule has 0 heterocycles. The molecule has 2 aromatic rings. The molecule has 0 aliphatic rings. The van der Waals surface area contributed by atoms with Gasteiger partial charge in [0.15, 0.2) is 0 Å². The lowest BCUT2D eigenvalue weighted by Gasteiger charge is -2.08. The molecular formula is C14H11ClN2O. The van der Waals surface area contributed by atoms with E-state index in [0.717, 1.165) is 5.56 Å². The molecule has 0 unspecified atom stereocenters. The Balaban J connectivity index is 2.26. The van der Waals surface area contributed by atoms with Crippen molar-refractivity contribution >= 4 is 17.3 Å². The molecule has 18 heavy (non-hydrogen) atoms. The molecule has 0 aromatic heterocycles. The number of rotatable bonds is 2. The molecular weight excluding hydrogens is 248 g/mol. The van der Waals surface area contributed by atoms with Crippen LogP contribution in [0.5, 0.6) is 11.5 Å². The SMILES string of the molecule is Cc1cc(Oc2ccc(C#N)c(N)c2)ccc1Cl. The molecule has 90 valence electrons. The molecule has 0 aliphatic heterocycles. The molecule has 0 fully saturated rings. The highest BCUT2D eigenvalue weighted by atomic mass is 35.5. The Hall–Kier alpha value is -2.18. The van der Waals surface area contributed by atoms with Crippen molar-refractivity contribution < 1.29 is 4.74 Å². The maximum atomic E-state index is 8.78.